The molecule has 0 radical (unpaired) electrons. The number of nitrogens with two attached hydrogens (primary N) is 1. The lowest BCUT2D eigenvalue weighted by Crippen LogP contribution is -2.91. The van der Waals surface area contributed by atoms with E-state index >= 15 is 0 Å². The first kappa shape index (κ1) is 17.9. The molecule has 2 aromatic rings. The van der Waals surface area contributed by atoms with Gasteiger partial charge in [0.05, 0.1) is 5.60 Å². The minimum absolute atomic E-state index is 0.162. The van der Waals surface area contributed by atoms with E-state index in [1.54, 1.807) is 0 Å². The Hall–Kier alpha value is -1.90. The van der Waals surface area contributed by atoms with Crippen molar-refractivity contribution in [3.05, 3.63) is 83.4 Å². The van der Waals surface area contributed by atoms with Crippen LogP contribution in [-0.4, -0.2) is 10.7 Å². The highest BCUT2D eigenvalue weighted by Gasteiger charge is 2.48. The van der Waals surface area contributed by atoms with Gasteiger partial charge in [0, 0.05) is 23.5 Å². The highest BCUT2D eigenvalue weighted by Crippen LogP contribution is 2.40. The Morgan fingerprint density at radius 1 is 1.04 bits per heavy atom. The Labute approximate surface area is 151 Å². The zero-order valence-corrected chi connectivity index (χ0v) is 15.6. The summed E-state index contributed by atoms with van der Waals surface area (Å²) < 4.78 is 0. The van der Waals surface area contributed by atoms with Gasteiger partial charge < -0.3 is 10.4 Å². The molecule has 2 heteroatoms. The third-order valence-electron chi connectivity index (χ3n) is 5.86. The van der Waals surface area contributed by atoms with Crippen molar-refractivity contribution in [1.82, 2.24) is 0 Å². The average Bonchev–Trinajstić information content (AvgIpc) is 2.59. The number of quaternary nitrogens is 1. The van der Waals surface area contributed by atoms with Gasteiger partial charge in [0.15, 0.2) is 0 Å². The van der Waals surface area contributed by atoms with Gasteiger partial charge in [-0.1, -0.05) is 72.7 Å². The number of rotatable bonds is 4. The van der Waals surface area contributed by atoms with Gasteiger partial charge in [-0.3, -0.25) is 0 Å². The van der Waals surface area contributed by atoms with Crippen LogP contribution < -0.4 is 5.32 Å². The lowest BCUT2D eigenvalue weighted by molar-refractivity contribution is -0.756. The lowest BCUT2D eigenvalue weighted by Gasteiger charge is -2.44. The molecule has 3 rings (SSSR count). The number of hydrogen-bond acceptors (Lipinski definition) is 1. The van der Waals surface area contributed by atoms with E-state index < -0.39 is 5.60 Å². The van der Waals surface area contributed by atoms with Crippen LogP contribution in [0, 0.1) is 19.8 Å². The first-order valence-electron chi connectivity index (χ1n) is 9.24. The van der Waals surface area contributed by atoms with Gasteiger partial charge >= 0.3 is 0 Å². The standard InChI is InChI=1S/C23H29NO/c1-5-14-23(25)15-21(19-10-6-16(2)7-11-19)24-22(18(23)4)20-12-8-17(3)9-13-20/h5-13,18,21-22,24-25H,1,14-15H2,2-4H3/p+1/t18-,21-,22-,23+/m1/s1. The van der Waals surface area contributed by atoms with Gasteiger partial charge in [-0.15, -0.1) is 6.58 Å². The van der Waals surface area contributed by atoms with Gasteiger partial charge in [0.1, 0.15) is 12.1 Å². The smallest absolute Gasteiger partial charge is 0.117 e. The monoisotopic (exact) mass is 336 g/mol. The zero-order valence-electron chi connectivity index (χ0n) is 15.6. The Kier molecular flexibility index (Phi) is 5.12. The Morgan fingerprint density at radius 2 is 1.56 bits per heavy atom. The molecule has 1 aliphatic rings. The number of piperidine rings is 1. The van der Waals surface area contributed by atoms with Gasteiger partial charge in [-0.25, -0.2) is 0 Å². The summed E-state index contributed by atoms with van der Waals surface area (Å²) in [6.45, 7) is 10.3. The molecule has 2 aromatic carbocycles. The molecule has 0 bridgehead atoms. The van der Waals surface area contributed by atoms with E-state index in [9.17, 15) is 5.11 Å². The third kappa shape index (κ3) is 3.70. The maximum Gasteiger partial charge on any atom is 0.117 e. The Bertz CT molecular complexity index is 719. The second-order valence-corrected chi connectivity index (χ2v) is 7.74. The van der Waals surface area contributed by atoms with E-state index in [0.29, 0.717) is 6.42 Å². The Balaban J connectivity index is 1.97. The summed E-state index contributed by atoms with van der Waals surface area (Å²) in [6, 6.07) is 18.0. The van der Waals surface area contributed by atoms with Gasteiger partial charge in [0.25, 0.3) is 0 Å². The fourth-order valence-corrected chi connectivity index (χ4v) is 4.14. The molecular formula is C23H30NO+. The van der Waals surface area contributed by atoms with Crippen LogP contribution in [0.25, 0.3) is 0 Å². The van der Waals surface area contributed by atoms with Crippen LogP contribution in [0.15, 0.2) is 61.2 Å². The van der Waals surface area contributed by atoms with Crippen LogP contribution >= 0.6 is 0 Å². The largest absolute Gasteiger partial charge is 0.389 e. The first-order chi connectivity index (χ1) is 11.9. The number of benzene rings is 2. The van der Waals surface area contributed by atoms with E-state index in [0.717, 1.165) is 6.42 Å². The molecule has 0 unspecified atom stereocenters. The van der Waals surface area contributed by atoms with E-state index in [1.807, 2.05) is 6.08 Å². The summed E-state index contributed by atoms with van der Waals surface area (Å²) in [6.07, 6.45) is 3.25. The summed E-state index contributed by atoms with van der Waals surface area (Å²) in [5, 5.41) is 13.9. The molecule has 1 heterocycles. The van der Waals surface area contributed by atoms with Crippen molar-refractivity contribution in [1.29, 1.82) is 0 Å². The Morgan fingerprint density at radius 3 is 2.08 bits per heavy atom. The third-order valence-corrected chi connectivity index (χ3v) is 5.86. The molecule has 1 saturated heterocycles. The average molecular weight is 336 g/mol. The molecule has 2 nitrogen and oxygen atoms in total. The number of aryl methyl sites for hydroxylation is 2. The molecular weight excluding hydrogens is 306 g/mol. The van der Waals surface area contributed by atoms with Crippen LogP contribution in [0.4, 0.5) is 0 Å². The fourth-order valence-electron chi connectivity index (χ4n) is 4.14. The SMILES string of the molecule is C=CC[C@]1(O)C[C@H](c2ccc(C)cc2)[NH2+][C@@H](c2ccc(C)cc2)[C@H]1C. The highest BCUT2D eigenvalue weighted by atomic mass is 16.3. The van der Waals surface area contributed by atoms with Crippen molar-refractivity contribution in [2.24, 2.45) is 5.92 Å². The predicted molar refractivity (Wildman–Crippen MR) is 103 cm³/mol. The molecule has 0 aromatic heterocycles. The lowest BCUT2D eigenvalue weighted by atomic mass is 9.70. The topological polar surface area (TPSA) is 36.8 Å². The van der Waals surface area contributed by atoms with E-state index in [2.05, 4.69) is 81.2 Å². The van der Waals surface area contributed by atoms with Crippen LogP contribution in [0.2, 0.25) is 0 Å². The van der Waals surface area contributed by atoms with Crippen LogP contribution in [0.3, 0.4) is 0 Å². The van der Waals surface area contributed by atoms with Crippen molar-refractivity contribution in [2.75, 3.05) is 0 Å². The van der Waals surface area contributed by atoms with E-state index in [4.69, 9.17) is 0 Å². The quantitative estimate of drug-likeness (QED) is 0.814. The second-order valence-electron chi connectivity index (χ2n) is 7.74. The van der Waals surface area contributed by atoms with Crippen molar-refractivity contribution >= 4 is 0 Å². The van der Waals surface area contributed by atoms with Gasteiger partial charge in [-0.2, -0.15) is 0 Å². The predicted octanol–water partition coefficient (Wildman–Crippen LogP) is 4.00. The number of hydrogen-bond donors (Lipinski definition) is 2. The molecule has 4 atom stereocenters. The summed E-state index contributed by atoms with van der Waals surface area (Å²) in [5.74, 6) is 0.162. The minimum Gasteiger partial charge on any atom is -0.389 e. The van der Waals surface area contributed by atoms with E-state index in [-0.39, 0.29) is 18.0 Å². The molecule has 0 spiro atoms. The molecule has 1 fully saturated rings. The van der Waals surface area contributed by atoms with E-state index in [1.165, 1.54) is 22.3 Å². The minimum atomic E-state index is -0.721. The highest BCUT2D eigenvalue weighted by molar-refractivity contribution is 5.27. The van der Waals surface area contributed by atoms with Crippen molar-refractivity contribution in [3.8, 4) is 0 Å². The molecule has 0 aliphatic carbocycles. The molecule has 0 saturated carbocycles. The van der Waals surface area contributed by atoms with Crippen molar-refractivity contribution in [3.63, 3.8) is 0 Å². The molecule has 3 N–H and O–H groups in total. The van der Waals surface area contributed by atoms with Crippen LogP contribution in [0.1, 0.15) is 54.1 Å². The first-order valence-corrected chi connectivity index (χ1v) is 9.24. The molecule has 132 valence electrons. The summed E-state index contributed by atoms with van der Waals surface area (Å²) in [5.41, 5.74) is 4.39. The fraction of sp³-hybridized carbons (Fsp3) is 0.391. The summed E-state index contributed by atoms with van der Waals surface area (Å²) >= 11 is 0. The van der Waals surface area contributed by atoms with Crippen LogP contribution in [0.5, 0.6) is 0 Å². The number of aliphatic hydroxyl groups is 1. The maximum absolute atomic E-state index is 11.4. The molecule has 1 aliphatic heterocycles. The van der Waals surface area contributed by atoms with Gasteiger partial charge in [0.2, 0.25) is 0 Å². The maximum atomic E-state index is 11.4. The van der Waals surface area contributed by atoms with Crippen LogP contribution in [-0.2, 0) is 0 Å². The summed E-state index contributed by atoms with van der Waals surface area (Å²) in [4.78, 5) is 0. The second kappa shape index (κ2) is 7.15. The summed E-state index contributed by atoms with van der Waals surface area (Å²) in [7, 11) is 0. The van der Waals surface area contributed by atoms with Crippen molar-refractivity contribution < 1.29 is 10.4 Å². The zero-order chi connectivity index (χ0) is 18.0. The molecule has 0 amide bonds. The normalized spacial score (nSPS) is 29.4. The molecule has 25 heavy (non-hydrogen) atoms. The van der Waals surface area contributed by atoms with Crippen molar-refractivity contribution in [2.45, 2.75) is 51.3 Å². The van der Waals surface area contributed by atoms with Gasteiger partial charge in [-0.05, 0) is 20.3 Å².